The van der Waals surface area contributed by atoms with Gasteiger partial charge in [-0.05, 0) is 37.6 Å². The molecule has 0 spiro atoms. The van der Waals surface area contributed by atoms with Crippen molar-refractivity contribution in [1.82, 2.24) is 0 Å². The fourth-order valence-electron chi connectivity index (χ4n) is 2.32. The summed E-state index contributed by atoms with van der Waals surface area (Å²) in [6.45, 7) is 6.58. The summed E-state index contributed by atoms with van der Waals surface area (Å²) in [6, 6.07) is 5.96. The molecule has 1 aliphatic heterocycles. The molecular formula is C15H18BrNO3. The zero-order chi connectivity index (χ0) is 14.8. The lowest BCUT2D eigenvalue weighted by molar-refractivity contribution is -0.131. The molecule has 1 heterocycles. The molecule has 0 aromatic heterocycles. The number of carboxylic acids is 1. The summed E-state index contributed by atoms with van der Waals surface area (Å²) < 4.78 is 6.41. The molecule has 4 nitrogen and oxygen atoms in total. The van der Waals surface area contributed by atoms with Gasteiger partial charge >= 0.3 is 5.97 Å². The molecule has 0 saturated carbocycles. The van der Waals surface area contributed by atoms with Gasteiger partial charge in [0.25, 0.3) is 0 Å². The molecule has 2 rings (SSSR count). The van der Waals surface area contributed by atoms with Crippen LogP contribution in [0.15, 0.2) is 28.7 Å². The van der Waals surface area contributed by atoms with Crippen molar-refractivity contribution in [1.29, 1.82) is 0 Å². The molecule has 1 aromatic carbocycles. The molecule has 5 heteroatoms. The van der Waals surface area contributed by atoms with Crippen LogP contribution in [0.2, 0.25) is 0 Å². The van der Waals surface area contributed by atoms with E-state index in [4.69, 9.17) is 9.84 Å². The van der Waals surface area contributed by atoms with E-state index < -0.39 is 5.97 Å². The van der Waals surface area contributed by atoms with E-state index in [-0.39, 0.29) is 5.54 Å². The van der Waals surface area contributed by atoms with Crippen molar-refractivity contribution in [3.63, 3.8) is 0 Å². The number of aliphatic carboxylic acids is 1. The largest absolute Gasteiger partial charge is 0.478 e. The van der Waals surface area contributed by atoms with Crippen molar-refractivity contribution in [2.24, 2.45) is 0 Å². The number of hydrogen-bond donors (Lipinski definition) is 1. The van der Waals surface area contributed by atoms with Crippen molar-refractivity contribution in [3.05, 3.63) is 34.3 Å². The molecule has 1 saturated heterocycles. The Hall–Kier alpha value is -1.33. The Kier molecular flexibility index (Phi) is 4.50. The van der Waals surface area contributed by atoms with Crippen molar-refractivity contribution < 1.29 is 14.6 Å². The molecule has 0 amide bonds. The molecule has 1 fully saturated rings. The van der Waals surface area contributed by atoms with Gasteiger partial charge in [0.15, 0.2) is 0 Å². The molecule has 1 aliphatic rings. The summed E-state index contributed by atoms with van der Waals surface area (Å²) in [4.78, 5) is 12.9. The third-order valence-electron chi connectivity index (χ3n) is 3.35. The highest BCUT2D eigenvalue weighted by molar-refractivity contribution is 9.10. The van der Waals surface area contributed by atoms with E-state index in [0.717, 1.165) is 35.0 Å². The van der Waals surface area contributed by atoms with E-state index >= 15 is 0 Å². The topological polar surface area (TPSA) is 49.8 Å². The predicted octanol–water partition coefficient (Wildman–Crippen LogP) is 3.16. The quantitative estimate of drug-likeness (QED) is 0.859. The fourth-order valence-corrected chi connectivity index (χ4v) is 2.82. The van der Waals surface area contributed by atoms with Gasteiger partial charge in [0.2, 0.25) is 0 Å². The molecule has 0 atom stereocenters. The van der Waals surface area contributed by atoms with E-state index in [0.29, 0.717) is 6.61 Å². The van der Waals surface area contributed by atoms with Crippen LogP contribution in [0.25, 0.3) is 6.08 Å². The van der Waals surface area contributed by atoms with Crippen LogP contribution in [0, 0.1) is 0 Å². The van der Waals surface area contributed by atoms with Crippen LogP contribution < -0.4 is 4.90 Å². The first kappa shape index (κ1) is 15.1. The molecule has 0 radical (unpaired) electrons. The first-order valence-corrected chi connectivity index (χ1v) is 7.25. The number of halogens is 1. The highest BCUT2D eigenvalue weighted by Gasteiger charge is 2.30. The number of morpholine rings is 1. The lowest BCUT2D eigenvalue weighted by Crippen LogP contribution is -2.53. The molecule has 1 aromatic rings. The first-order valence-electron chi connectivity index (χ1n) is 6.46. The number of rotatable bonds is 3. The van der Waals surface area contributed by atoms with Crippen LogP contribution in [0.1, 0.15) is 19.4 Å². The molecule has 0 aliphatic carbocycles. The van der Waals surface area contributed by atoms with Crippen LogP contribution in [-0.2, 0) is 9.53 Å². The molecule has 20 heavy (non-hydrogen) atoms. The average Bonchev–Trinajstić information content (AvgIpc) is 2.36. The van der Waals surface area contributed by atoms with Gasteiger partial charge in [-0.25, -0.2) is 4.79 Å². The zero-order valence-electron chi connectivity index (χ0n) is 11.6. The van der Waals surface area contributed by atoms with Gasteiger partial charge < -0.3 is 14.7 Å². The van der Waals surface area contributed by atoms with E-state index in [2.05, 4.69) is 34.7 Å². The number of carbonyl (C=O) groups is 1. The monoisotopic (exact) mass is 339 g/mol. The lowest BCUT2D eigenvalue weighted by Gasteiger charge is -2.44. The first-order chi connectivity index (χ1) is 9.40. The van der Waals surface area contributed by atoms with E-state index in [1.807, 2.05) is 18.2 Å². The Balaban J connectivity index is 2.26. The minimum atomic E-state index is -0.949. The number of benzene rings is 1. The van der Waals surface area contributed by atoms with E-state index in [1.165, 1.54) is 0 Å². The van der Waals surface area contributed by atoms with Crippen molar-refractivity contribution in [2.45, 2.75) is 19.4 Å². The third kappa shape index (κ3) is 3.41. The zero-order valence-corrected chi connectivity index (χ0v) is 13.2. The Morgan fingerprint density at radius 1 is 1.50 bits per heavy atom. The normalized spacial score (nSPS) is 18.4. The van der Waals surface area contributed by atoms with Gasteiger partial charge in [0.05, 0.1) is 18.8 Å². The summed E-state index contributed by atoms with van der Waals surface area (Å²) in [6.07, 6.45) is 2.72. The van der Waals surface area contributed by atoms with Gasteiger partial charge in [0, 0.05) is 22.8 Å². The second-order valence-electron chi connectivity index (χ2n) is 5.39. The van der Waals surface area contributed by atoms with E-state index in [1.54, 1.807) is 6.08 Å². The number of ether oxygens (including phenoxy) is 1. The van der Waals surface area contributed by atoms with Crippen LogP contribution in [0.4, 0.5) is 5.69 Å². The van der Waals surface area contributed by atoms with E-state index in [9.17, 15) is 4.79 Å². The van der Waals surface area contributed by atoms with Gasteiger partial charge in [0.1, 0.15) is 0 Å². The van der Waals surface area contributed by atoms with Crippen LogP contribution in [0.3, 0.4) is 0 Å². The van der Waals surface area contributed by atoms with Crippen molar-refractivity contribution in [2.75, 3.05) is 24.7 Å². The Morgan fingerprint density at radius 2 is 2.25 bits per heavy atom. The fraction of sp³-hybridized carbons (Fsp3) is 0.400. The molecule has 1 N–H and O–H groups in total. The Labute approximate surface area is 127 Å². The van der Waals surface area contributed by atoms with Gasteiger partial charge in [-0.15, -0.1) is 0 Å². The number of nitrogens with zero attached hydrogens (tertiary/aromatic N) is 1. The number of carboxylic acid groups (broad SMARTS) is 1. The van der Waals surface area contributed by atoms with Gasteiger partial charge in [-0.1, -0.05) is 22.0 Å². The van der Waals surface area contributed by atoms with Crippen LogP contribution >= 0.6 is 15.9 Å². The van der Waals surface area contributed by atoms with Crippen molar-refractivity contribution in [3.8, 4) is 0 Å². The number of hydrogen-bond acceptors (Lipinski definition) is 3. The molecular weight excluding hydrogens is 322 g/mol. The standard InChI is InChI=1S/C15H18BrNO3/c1-15(2)10-20-8-7-17(15)12-5-3-11(13(16)9-12)4-6-14(18)19/h3-6,9H,7-8,10H2,1-2H3,(H,18,19)/b6-4+. The van der Waals surface area contributed by atoms with Gasteiger partial charge in [-0.3, -0.25) is 0 Å². The maximum atomic E-state index is 10.6. The van der Waals surface area contributed by atoms with Crippen LogP contribution in [-0.4, -0.2) is 36.4 Å². The third-order valence-corrected chi connectivity index (χ3v) is 4.03. The average molecular weight is 340 g/mol. The predicted molar refractivity (Wildman–Crippen MR) is 83.1 cm³/mol. The van der Waals surface area contributed by atoms with Crippen molar-refractivity contribution >= 4 is 33.7 Å². The minimum Gasteiger partial charge on any atom is -0.478 e. The minimum absolute atomic E-state index is 0.0455. The SMILES string of the molecule is CC1(C)COCCN1c1ccc(/C=C/C(=O)O)c(Br)c1. The summed E-state index contributed by atoms with van der Waals surface area (Å²) in [7, 11) is 0. The second-order valence-corrected chi connectivity index (χ2v) is 6.25. The number of anilines is 1. The highest BCUT2D eigenvalue weighted by atomic mass is 79.9. The maximum Gasteiger partial charge on any atom is 0.328 e. The highest BCUT2D eigenvalue weighted by Crippen LogP contribution is 2.31. The van der Waals surface area contributed by atoms with Gasteiger partial charge in [-0.2, -0.15) is 0 Å². The summed E-state index contributed by atoms with van der Waals surface area (Å²) in [5.74, 6) is -0.949. The molecule has 0 unspecified atom stereocenters. The molecule has 0 bridgehead atoms. The smallest absolute Gasteiger partial charge is 0.328 e. The molecule has 108 valence electrons. The Bertz CT molecular complexity index is 540. The van der Waals surface area contributed by atoms with Crippen LogP contribution in [0.5, 0.6) is 0 Å². The second kappa shape index (κ2) is 5.97. The maximum absolute atomic E-state index is 10.6. The summed E-state index contributed by atoms with van der Waals surface area (Å²) >= 11 is 3.50. The summed E-state index contributed by atoms with van der Waals surface area (Å²) in [5.41, 5.74) is 1.91. The Morgan fingerprint density at radius 3 is 2.85 bits per heavy atom. The summed E-state index contributed by atoms with van der Waals surface area (Å²) in [5, 5.41) is 8.67. The lowest BCUT2D eigenvalue weighted by atomic mass is 10.0.